The lowest BCUT2D eigenvalue weighted by atomic mass is 9.98. The third kappa shape index (κ3) is 7.40. The van der Waals surface area contributed by atoms with Crippen LogP contribution in [0.3, 0.4) is 0 Å². The summed E-state index contributed by atoms with van der Waals surface area (Å²) in [6.07, 6.45) is 3.94. The van der Waals surface area contributed by atoms with Gasteiger partial charge in [0.1, 0.15) is 11.4 Å². The molecule has 47 heavy (non-hydrogen) atoms. The minimum absolute atomic E-state index is 0.0407. The van der Waals surface area contributed by atoms with Gasteiger partial charge >= 0.3 is 12.0 Å². The number of ether oxygens (including phenoxy) is 1. The normalized spacial score (nSPS) is 13.7. The fourth-order valence-electron chi connectivity index (χ4n) is 6.22. The number of imidazole rings is 1. The summed E-state index contributed by atoms with van der Waals surface area (Å²) >= 11 is 0. The number of aromatic nitrogens is 2. The average molecular weight is 629 g/mol. The highest BCUT2D eigenvalue weighted by molar-refractivity contribution is 5.97. The van der Waals surface area contributed by atoms with Crippen LogP contribution < -0.4 is 4.90 Å². The molecule has 242 valence electrons. The van der Waals surface area contributed by atoms with Crippen molar-refractivity contribution in [2.45, 2.75) is 72.1 Å². The summed E-state index contributed by atoms with van der Waals surface area (Å²) in [5, 5.41) is 0. The minimum atomic E-state index is -0.570. The number of carbonyl (C=O) groups is 2. The first kappa shape index (κ1) is 32.0. The van der Waals surface area contributed by atoms with Gasteiger partial charge in [0.05, 0.1) is 16.6 Å². The molecular formula is C40H44N4O3. The van der Waals surface area contributed by atoms with E-state index in [0.717, 1.165) is 77.0 Å². The fourth-order valence-corrected chi connectivity index (χ4v) is 6.22. The van der Waals surface area contributed by atoms with Gasteiger partial charge in [-0.3, -0.25) is 4.90 Å². The molecule has 0 saturated carbocycles. The zero-order chi connectivity index (χ0) is 33.0. The van der Waals surface area contributed by atoms with Gasteiger partial charge < -0.3 is 14.2 Å². The van der Waals surface area contributed by atoms with E-state index < -0.39 is 5.60 Å². The Bertz CT molecular complexity index is 1850. The van der Waals surface area contributed by atoms with Crippen molar-refractivity contribution < 1.29 is 14.3 Å². The lowest BCUT2D eigenvalue weighted by Gasteiger charge is -2.35. The summed E-state index contributed by atoms with van der Waals surface area (Å²) in [5.41, 5.74) is 6.93. The van der Waals surface area contributed by atoms with E-state index in [1.807, 2.05) is 79.1 Å². The number of esters is 1. The highest BCUT2D eigenvalue weighted by Crippen LogP contribution is 2.30. The van der Waals surface area contributed by atoms with Crippen molar-refractivity contribution in [3.63, 3.8) is 0 Å². The van der Waals surface area contributed by atoms with Crippen molar-refractivity contribution >= 4 is 28.7 Å². The molecule has 2 heterocycles. The van der Waals surface area contributed by atoms with Crippen molar-refractivity contribution in [1.29, 1.82) is 0 Å². The van der Waals surface area contributed by atoms with Crippen LogP contribution in [-0.2, 0) is 24.2 Å². The summed E-state index contributed by atoms with van der Waals surface area (Å²) in [6, 6.07) is 32.4. The predicted octanol–water partition coefficient (Wildman–Crippen LogP) is 8.88. The third-order valence-electron chi connectivity index (χ3n) is 8.56. The van der Waals surface area contributed by atoms with Crippen LogP contribution in [0.4, 0.5) is 10.5 Å². The summed E-state index contributed by atoms with van der Waals surface area (Å²) in [6.45, 7) is 10.5. The number of benzene rings is 4. The maximum absolute atomic E-state index is 13.7. The Morgan fingerprint density at radius 3 is 2.32 bits per heavy atom. The monoisotopic (exact) mass is 628 g/mol. The quantitative estimate of drug-likeness (QED) is 0.145. The van der Waals surface area contributed by atoms with E-state index in [4.69, 9.17) is 9.72 Å². The van der Waals surface area contributed by atoms with Gasteiger partial charge in [0, 0.05) is 38.3 Å². The maximum atomic E-state index is 13.7. The molecule has 1 aliphatic rings. The summed E-state index contributed by atoms with van der Waals surface area (Å²) in [4.78, 5) is 35.6. The molecule has 7 heteroatoms. The van der Waals surface area contributed by atoms with Crippen LogP contribution in [0.15, 0.2) is 97.1 Å². The summed E-state index contributed by atoms with van der Waals surface area (Å²) < 4.78 is 7.98. The molecule has 5 aromatic rings. The second-order valence-corrected chi connectivity index (χ2v) is 13.3. The van der Waals surface area contributed by atoms with Crippen molar-refractivity contribution in [2.75, 3.05) is 18.0 Å². The number of hydrogen-bond donors (Lipinski definition) is 0. The third-order valence-corrected chi connectivity index (χ3v) is 8.56. The van der Waals surface area contributed by atoms with E-state index in [9.17, 15) is 9.59 Å². The van der Waals surface area contributed by atoms with Crippen LogP contribution in [0.2, 0.25) is 0 Å². The van der Waals surface area contributed by atoms with E-state index in [1.165, 1.54) is 0 Å². The molecule has 2 amide bonds. The van der Waals surface area contributed by atoms with E-state index in [0.29, 0.717) is 25.2 Å². The van der Waals surface area contributed by atoms with Gasteiger partial charge in [-0.25, -0.2) is 14.6 Å². The Morgan fingerprint density at radius 2 is 1.57 bits per heavy atom. The van der Waals surface area contributed by atoms with Gasteiger partial charge in [0.15, 0.2) is 0 Å². The van der Waals surface area contributed by atoms with Crippen molar-refractivity contribution in [3.05, 3.63) is 120 Å². The molecule has 0 N–H and O–H groups in total. The Hall–Kier alpha value is -4.91. The van der Waals surface area contributed by atoms with Crippen LogP contribution in [0.25, 0.3) is 22.2 Å². The largest absolute Gasteiger partial charge is 0.456 e. The predicted molar refractivity (Wildman–Crippen MR) is 189 cm³/mol. The van der Waals surface area contributed by atoms with Crippen LogP contribution >= 0.6 is 0 Å². The molecule has 7 nitrogen and oxygen atoms in total. The molecular weight excluding hydrogens is 584 g/mol. The standard InChI is InChI=1S/C40H44N4O3/c1-5-6-17-37-41-35-23-22-32(43-25-12-24-42(39(43)46)27-29-13-8-7-9-14-29)26-36(35)44(37)28-30-18-20-31(21-19-30)33-15-10-11-16-34(33)38(45)47-40(2,3)4/h7-11,13-16,18-23,26H,5-6,12,17,24-25,27-28H2,1-4H3. The number of unbranched alkanes of at least 4 members (excludes halogenated alkanes) is 1. The number of nitrogens with zero attached hydrogens (tertiary/aromatic N) is 4. The van der Waals surface area contributed by atoms with Gasteiger partial charge in [-0.15, -0.1) is 0 Å². The molecule has 0 unspecified atom stereocenters. The molecule has 0 atom stereocenters. The molecule has 1 fully saturated rings. The zero-order valence-electron chi connectivity index (χ0n) is 27.9. The number of amides is 2. The smallest absolute Gasteiger partial charge is 0.339 e. The number of aryl methyl sites for hydroxylation is 1. The number of carbonyl (C=O) groups excluding carboxylic acids is 2. The van der Waals surface area contributed by atoms with Gasteiger partial charge in [0.2, 0.25) is 0 Å². The molecule has 4 aromatic carbocycles. The van der Waals surface area contributed by atoms with E-state index in [1.54, 1.807) is 0 Å². The van der Waals surface area contributed by atoms with Crippen molar-refractivity contribution in [3.8, 4) is 11.1 Å². The van der Waals surface area contributed by atoms with Crippen LogP contribution in [0.5, 0.6) is 0 Å². The van der Waals surface area contributed by atoms with Crippen LogP contribution in [0, 0.1) is 0 Å². The topological polar surface area (TPSA) is 67.7 Å². The SMILES string of the molecule is CCCCc1nc2ccc(N3CCCN(Cc4ccccc4)C3=O)cc2n1Cc1ccc(-c2ccccc2C(=O)OC(C)(C)C)cc1. The first-order valence-corrected chi connectivity index (χ1v) is 16.7. The van der Waals surface area contributed by atoms with Crippen molar-refractivity contribution in [1.82, 2.24) is 14.5 Å². The van der Waals surface area contributed by atoms with Crippen LogP contribution in [0.1, 0.15) is 74.3 Å². The number of urea groups is 1. The zero-order valence-corrected chi connectivity index (χ0v) is 27.9. The number of anilines is 1. The van der Waals surface area contributed by atoms with Gasteiger partial charge in [0.25, 0.3) is 0 Å². The van der Waals surface area contributed by atoms with Crippen LogP contribution in [-0.4, -0.2) is 45.1 Å². The fraction of sp³-hybridized carbons (Fsp3) is 0.325. The van der Waals surface area contributed by atoms with Gasteiger partial charge in [-0.1, -0.05) is 86.1 Å². The molecule has 1 aromatic heterocycles. The average Bonchev–Trinajstić information content (AvgIpc) is 3.41. The lowest BCUT2D eigenvalue weighted by molar-refractivity contribution is 0.00704. The minimum Gasteiger partial charge on any atom is -0.456 e. The van der Waals surface area contributed by atoms with Gasteiger partial charge in [-0.2, -0.15) is 0 Å². The second kappa shape index (κ2) is 13.8. The Balaban J connectivity index is 1.28. The molecule has 0 aliphatic carbocycles. The van der Waals surface area contributed by atoms with E-state index in [2.05, 4.69) is 60.0 Å². The number of hydrogen-bond acceptors (Lipinski definition) is 4. The van der Waals surface area contributed by atoms with E-state index >= 15 is 0 Å². The Kier molecular flexibility index (Phi) is 9.43. The Morgan fingerprint density at radius 1 is 0.851 bits per heavy atom. The molecule has 1 aliphatic heterocycles. The molecule has 1 saturated heterocycles. The first-order valence-electron chi connectivity index (χ1n) is 16.7. The lowest BCUT2D eigenvalue weighted by Crippen LogP contribution is -2.49. The maximum Gasteiger partial charge on any atom is 0.339 e. The molecule has 6 rings (SSSR count). The highest BCUT2D eigenvalue weighted by Gasteiger charge is 2.27. The molecule has 0 spiro atoms. The Labute approximate surface area is 277 Å². The summed E-state index contributed by atoms with van der Waals surface area (Å²) in [7, 11) is 0. The number of rotatable bonds is 10. The summed E-state index contributed by atoms with van der Waals surface area (Å²) in [5.74, 6) is 0.725. The van der Waals surface area contributed by atoms with Crippen molar-refractivity contribution in [2.24, 2.45) is 0 Å². The van der Waals surface area contributed by atoms with E-state index in [-0.39, 0.29) is 12.0 Å². The van der Waals surface area contributed by atoms with Gasteiger partial charge in [-0.05, 0) is 80.1 Å². The highest BCUT2D eigenvalue weighted by atomic mass is 16.6. The molecule has 0 radical (unpaired) electrons. The molecule has 0 bridgehead atoms. The first-order chi connectivity index (χ1) is 22.7. The number of fused-ring (bicyclic) bond motifs is 1. The second-order valence-electron chi connectivity index (χ2n) is 13.3.